The molecule has 0 aliphatic carbocycles. The van der Waals surface area contributed by atoms with Gasteiger partial charge in [0.1, 0.15) is 12.2 Å². The molecule has 1 aromatic rings. The first-order valence-electron chi connectivity index (χ1n) is 6.05. The first-order chi connectivity index (χ1) is 7.72. The minimum Gasteiger partial charge on any atom is -0.501 e. The van der Waals surface area contributed by atoms with Gasteiger partial charge in [0.2, 0.25) is 5.75 Å². The van der Waals surface area contributed by atoms with E-state index in [-0.39, 0.29) is 11.2 Å². The third-order valence-electron chi connectivity index (χ3n) is 2.59. The predicted molar refractivity (Wildman–Crippen MR) is 64.0 cm³/mol. The Balaban J connectivity index is 2.60. The van der Waals surface area contributed by atoms with Gasteiger partial charge in [0, 0.05) is 13.0 Å². The van der Waals surface area contributed by atoms with Gasteiger partial charge in [0.15, 0.2) is 0 Å². The maximum atomic E-state index is 11.6. The van der Waals surface area contributed by atoms with Crippen LogP contribution in [0.25, 0.3) is 0 Å². The Labute approximate surface area is 95.7 Å². The van der Waals surface area contributed by atoms with E-state index in [2.05, 4.69) is 24.2 Å². The number of anilines is 1. The summed E-state index contributed by atoms with van der Waals surface area (Å²) in [4.78, 5) is 14.5. The molecule has 4 heteroatoms. The fourth-order valence-corrected chi connectivity index (χ4v) is 1.51. The predicted octanol–water partition coefficient (Wildman–Crippen LogP) is -0.379. The SMILES string of the molecule is CCCCNc1c(O)c(=[NH+]CCCC)c1=O. The molecule has 0 heterocycles. The molecule has 0 aliphatic rings. The lowest BCUT2D eigenvalue weighted by molar-refractivity contribution is -0.502. The molecule has 0 unspecified atom stereocenters. The summed E-state index contributed by atoms with van der Waals surface area (Å²) in [6.45, 7) is 5.65. The van der Waals surface area contributed by atoms with Crippen LogP contribution in [0.1, 0.15) is 39.5 Å². The Kier molecular flexibility index (Phi) is 5.02. The molecule has 0 fully saturated rings. The highest BCUT2D eigenvalue weighted by atomic mass is 16.3. The van der Waals surface area contributed by atoms with E-state index in [0.717, 1.165) is 38.8 Å². The van der Waals surface area contributed by atoms with Crippen LogP contribution in [0, 0.1) is 0 Å². The molecule has 1 aromatic carbocycles. The van der Waals surface area contributed by atoms with Crippen molar-refractivity contribution < 1.29 is 10.1 Å². The van der Waals surface area contributed by atoms with E-state index in [9.17, 15) is 9.90 Å². The zero-order valence-corrected chi connectivity index (χ0v) is 10.1. The van der Waals surface area contributed by atoms with Crippen LogP contribution in [0.4, 0.5) is 5.69 Å². The van der Waals surface area contributed by atoms with E-state index in [1.54, 1.807) is 0 Å². The largest absolute Gasteiger partial charge is 0.501 e. The van der Waals surface area contributed by atoms with Crippen LogP contribution in [0.2, 0.25) is 0 Å². The van der Waals surface area contributed by atoms with Crippen molar-refractivity contribution in [1.82, 2.24) is 0 Å². The van der Waals surface area contributed by atoms with Crippen LogP contribution in [0.5, 0.6) is 5.75 Å². The molecule has 16 heavy (non-hydrogen) atoms. The van der Waals surface area contributed by atoms with Crippen molar-refractivity contribution in [2.75, 3.05) is 18.4 Å². The molecule has 0 aromatic heterocycles. The van der Waals surface area contributed by atoms with Gasteiger partial charge in [-0.1, -0.05) is 26.7 Å². The fraction of sp³-hybridized carbons (Fsp3) is 0.667. The van der Waals surface area contributed by atoms with Gasteiger partial charge in [-0.15, -0.1) is 0 Å². The summed E-state index contributed by atoms with van der Waals surface area (Å²) in [5.41, 5.74) is 0.275. The van der Waals surface area contributed by atoms with Crippen molar-refractivity contribution >= 4 is 5.69 Å². The summed E-state index contributed by atoms with van der Waals surface area (Å²) >= 11 is 0. The highest BCUT2D eigenvalue weighted by Crippen LogP contribution is 2.13. The Morgan fingerprint density at radius 1 is 1.25 bits per heavy atom. The summed E-state index contributed by atoms with van der Waals surface area (Å²) < 4.78 is 0. The fourth-order valence-electron chi connectivity index (χ4n) is 1.51. The number of hydrogen-bond donors (Lipinski definition) is 3. The number of unbranched alkanes of at least 4 members (excludes halogenated alkanes) is 2. The number of aromatic hydroxyl groups is 1. The highest BCUT2D eigenvalue weighted by molar-refractivity contribution is 5.59. The van der Waals surface area contributed by atoms with Crippen LogP contribution in [0.3, 0.4) is 0 Å². The molecule has 4 nitrogen and oxygen atoms in total. The molecular weight excluding hydrogens is 204 g/mol. The Hall–Kier alpha value is -1.32. The second-order valence-electron chi connectivity index (χ2n) is 3.99. The summed E-state index contributed by atoms with van der Waals surface area (Å²) in [6, 6.07) is 0. The quantitative estimate of drug-likeness (QED) is 0.554. The molecule has 90 valence electrons. The van der Waals surface area contributed by atoms with Gasteiger partial charge in [-0.2, -0.15) is 0 Å². The molecule has 0 radical (unpaired) electrons. The molecule has 0 saturated carbocycles. The van der Waals surface area contributed by atoms with Crippen molar-refractivity contribution in [3.05, 3.63) is 15.6 Å². The van der Waals surface area contributed by atoms with Crippen LogP contribution in [-0.4, -0.2) is 18.2 Å². The molecule has 3 N–H and O–H groups in total. The molecule has 0 amide bonds. The smallest absolute Gasteiger partial charge is 0.293 e. The molecule has 1 rings (SSSR count). The Morgan fingerprint density at radius 3 is 2.50 bits per heavy atom. The number of nitrogens with one attached hydrogen (secondary N) is 2. The Bertz CT molecular complexity index is 403. The zero-order valence-electron chi connectivity index (χ0n) is 10.1. The summed E-state index contributed by atoms with van der Waals surface area (Å²) in [5.74, 6) is 0.0946. The standard InChI is InChI=1S/C12H20N2O2/c1-3-5-7-13-9-11(15)10(12(9)16)14-8-6-4-2/h13,15H,3-8H2,1-2H3/p+1. The lowest BCUT2D eigenvalue weighted by Crippen LogP contribution is -2.81. The average molecular weight is 225 g/mol. The number of rotatable bonds is 7. The highest BCUT2D eigenvalue weighted by Gasteiger charge is 2.21. The third kappa shape index (κ3) is 2.84. The summed E-state index contributed by atoms with van der Waals surface area (Å²) in [5, 5.41) is 13.0. The normalized spacial score (nSPS) is 12.2. The van der Waals surface area contributed by atoms with E-state index in [0.29, 0.717) is 11.0 Å². The second kappa shape index (κ2) is 6.30. The van der Waals surface area contributed by atoms with Crippen molar-refractivity contribution in [2.45, 2.75) is 39.5 Å². The Morgan fingerprint density at radius 2 is 1.94 bits per heavy atom. The first kappa shape index (κ1) is 12.7. The van der Waals surface area contributed by atoms with Gasteiger partial charge in [-0.05, 0) is 6.42 Å². The molecule has 0 saturated heterocycles. The average Bonchev–Trinajstić information content (AvgIpc) is 2.30. The third-order valence-corrected chi connectivity index (χ3v) is 2.59. The lowest BCUT2D eigenvalue weighted by atomic mass is 10.2. The van der Waals surface area contributed by atoms with E-state index in [1.165, 1.54) is 0 Å². The molecule has 0 atom stereocenters. The molecular formula is C12H21N2O2+. The van der Waals surface area contributed by atoms with Gasteiger partial charge >= 0.3 is 0 Å². The van der Waals surface area contributed by atoms with E-state index >= 15 is 0 Å². The van der Waals surface area contributed by atoms with E-state index in [1.807, 2.05) is 0 Å². The minimum absolute atomic E-state index is 0.0929. The van der Waals surface area contributed by atoms with Crippen molar-refractivity contribution in [3.63, 3.8) is 0 Å². The summed E-state index contributed by atoms with van der Waals surface area (Å²) in [7, 11) is 0. The monoisotopic (exact) mass is 225 g/mol. The van der Waals surface area contributed by atoms with Gasteiger partial charge < -0.3 is 10.4 Å². The molecule has 0 aliphatic heterocycles. The van der Waals surface area contributed by atoms with Gasteiger partial charge in [0.05, 0.1) is 0 Å². The van der Waals surface area contributed by atoms with Crippen LogP contribution < -0.4 is 21.1 Å². The molecule has 0 bridgehead atoms. The van der Waals surface area contributed by atoms with Crippen LogP contribution in [0.15, 0.2) is 4.79 Å². The van der Waals surface area contributed by atoms with Crippen molar-refractivity contribution in [3.8, 4) is 5.75 Å². The topological polar surface area (TPSA) is 63.3 Å². The molecule has 0 spiro atoms. The van der Waals surface area contributed by atoms with Gasteiger partial charge in [-0.25, -0.2) is 4.99 Å². The van der Waals surface area contributed by atoms with Gasteiger partial charge in [0.25, 0.3) is 10.8 Å². The van der Waals surface area contributed by atoms with Crippen molar-refractivity contribution in [2.24, 2.45) is 0 Å². The van der Waals surface area contributed by atoms with Crippen LogP contribution in [-0.2, 0) is 0 Å². The zero-order chi connectivity index (χ0) is 12.0. The van der Waals surface area contributed by atoms with Crippen LogP contribution >= 0.6 is 0 Å². The van der Waals surface area contributed by atoms with E-state index in [4.69, 9.17) is 0 Å². The first-order valence-corrected chi connectivity index (χ1v) is 6.05. The maximum absolute atomic E-state index is 11.6. The van der Waals surface area contributed by atoms with E-state index < -0.39 is 0 Å². The number of hydrogen-bond acceptors (Lipinski definition) is 3. The second-order valence-corrected chi connectivity index (χ2v) is 3.99. The summed E-state index contributed by atoms with van der Waals surface area (Å²) in [6.07, 6.45) is 4.15. The lowest BCUT2D eigenvalue weighted by Gasteiger charge is -2.07. The minimum atomic E-state index is -0.0929. The van der Waals surface area contributed by atoms with Gasteiger partial charge in [-0.3, -0.25) is 4.79 Å². The van der Waals surface area contributed by atoms with Crippen molar-refractivity contribution in [1.29, 1.82) is 0 Å². The maximum Gasteiger partial charge on any atom is 0.293 e.